The summed E-state index contributed by atoms with van der Waals surface area (Å²) in [5.41, 5.74) is 0. The number of carboxylic acids is 1. The highest BCUT2D eigenvalue weighted by atomic mass is 16.5. The standard InChI is InChI=1S/C15H23NO4/c17-14(12-7-3-4-8-13(12)15(18)19)16-9-10-20-11-5-1-2-6-11/h3-4,11-13H,1-2,5-10H2,(H,16,17)(H,18,19)/t12-,13+/m1/s1. The third-order valence-corrected chi connectivity index (χ3v) is 4.14. The fourth-order valence-corrected chi connectivity index (χ4v) is 2.96. The van der Waals surface area contributed by atoms with E-state index in [1.165, 1.54) is 12.8 Å². The zero-order valence-electron chi connectivity index (χ0n) is 11.7. The average molecular weight is 281 g/mol. The third kappa shape index (κ3) is 4.07. The van der Waals surface area contributed by atoms with Gasteiger partial charge in [0.15, 0.2) is 0 Å². The Balaban J connectivity index is 1.70. The second-order valence-electron chi connectivity index (χ2n) is 5.56. The van der Waals surface area contributed by atoms with Crippen molar-refractivity contribution in [1.82, 2.24) is 5.32 Å². The molecule has 0 unspecified atom stereocenters. The summed E-state index contributed by atoms with van der Waals surface area (Å²) in [6, 6.07) is 0. The highest BCUT2D eigenvalue weighted by molar-refractivity contribution is 5.85. The molecule has 0 aromatic carbocycles. The van der Waals surface area contributed by atoms with Gasteiger partial charge in [0, 0.05) is 6.54 Å². The van der Waals surface area contributed by atoms with Crippen LogP contribution in [0.15, 0.2) is 12.2 Å². The van der Waals surface area contributed by atoms with Gasteiger partial charge in [-0.1, -0.05) is 25.0 Å². The Bertz CT molecular complexity index is 374. The minimum Gasteiger partial charge on any atom is -0.481 e. The minimum atomic E-state index is -0.892. The van der Waals surface area contributed by atoms with Crippen LogP contribution in [-0.4, -0.2) is 36.2 Å². The molecule has 0 saturated heterocycles. The van der Waals surface area contributed by atoms with Gasteiger partial charge in [0.05, 0.1) is 24.5 Å². The molecule has 0 spiro atoms. The molecule has 0 aromatic rings. The molecule has 0 aromatic heterocycles. The van der Waals surface area contributed by atoms with Crippen molar-refractivity contribution in [2.24, 2.45) is 11.8 Å². The normalized spacial score (nSPS) is 26.6. The monoisotopic (exact) mass is 281 g/mol. The Kier molecular flexibility index (Phi) is 5.59. The maximum absolute atomic E-state index is 12.0. The number of ether oxygens (including phenoxy) is 1. The fraction of sp³-hybridized carbons (Fsp3) is 0.733. The van der Waals surface area contributed by atoms with Gasteiger partial charge in [0.1, 0.15) is 0 Å². The van der Waals surface area contributed by atoms with Gasteiger partial charge < -0.3 is 15.2 Å². The number of carbonyl (C=O) groups excluding carboxylic acids is 1. The van der Waals surface area contributed by atoms with Crippen LogP contribution in [0.2, 0.25) is 0 Å². The van der Waals surface area contributed by atoms with E-state index < -0.39 is 17.8 Å². The van der Waals surface area contributed by atoms with Crippen LogP contribution in [0.3, 0.4) is 0 Å². The van der Waals surface area contributed by atoms with Crippen molar-refractivity contribution < 1.29 is 19.4 Å². The summed E-state index contributed by atoms with van der Waals surface area (Å²) < 4.78 is 5.67. The van der Waals surface area contributed by atoms with E-state index in [1.54, 1.807) is 0 Å². The van der Waals surface area contributed by atoms with Gasteiger partial charge in [0.2, 0.25) is 5.91 Å². The molecule has 20 heavy (non-hydrogen) atoms. The highest BCUT2D eigenvalue weighted by Crippen LogP contribution is 2.26. The Morgan fingerprint density at radius 1 is 1.15 bits per heavy atom. The maximum Gasteiger partial charge on any atom is 0.307 e. The topological polar surface area (TPSA) is 75.6 Å². The molecule has 0 aliphatic heterocycles. The zero-order valence-corrected chi connectivity index (χ0v) is 11.7. The van der Waals surface area contributed by atoms with Crippen LogP contribution in [0.4, 0.5) is 0 Å². The lowest BCUT2D eigenvalue weighted by atomic mass is 9.82. The van der Waals surface area contributed by atoms with Crippen LogP contribution in [0.5, 0.6) is 0 Å². The predicted octanol–water partition coefficient (Wildman–Crippen LogP) is 1.73. The van der Waals surface area contributed by atoms with Crippen molar-refractivity contribution in [3.05, 3.63) is 12.2 Å². The maximum atomic E-state index is 12.0. The predicted molar refractivity (Wildman–Crippen MR) is 74.2 cm³/mol. The number of aliphatic carboxylic acids is 1. The van der Waals surface area contributed by atoms with E-state index in [9.17, 15) is 9.59 Å². The molecule has 112 valence electrons. The van der Waals surface area contributed by atoms with Crippen molar-refractivity contribution in [2.75, 3.05) is 13.2 Å². The Labute approximate surface area is 119 Å². The van der Waals surface area contributed by atoms with Crippen molar-refractivity contribution in [2.45, 2.75) is 44.6 Å². The molecule has 2 aliphatic carbocycles. The van der Waals surface area contributed by atoms with Crippen LogP contribution in [0, 0.1) is 11.8 Å². The molecule has 1 amide bonds. The van der Waals surface area contributed by atoms with Gasteiger partial charge in [-0.15, -0.1) is 0 Å². The number of amides is 1. The second kappa shape index (κ2) is 7.43. The second-order valence-corrected chi connectivity index (χ2v) is 5.56. The van der Waals surface area contributed by atoms with Crippen LogP contribution < -0.4 is 5.32 Å². The molecule has 2 N–H and O–H groups in total. The third-order valence-electron chi connectivity index (χ3n) is 4.14. The molecular formula is C15H23NO4. The lowest BCUT2D eigenvalue weighted by Crippen LogP contribution is -2.40. The molecule has 2 rings (SSSR count). The summed E-state index contributed by atoms with van der Waals surface area (Å²) in [6.45, 7) is 0.971. The highest BCUT2D eigenvalue weighted by Gasteiger charge is 2.33. The van der Waals surface area contributed by atoms with Crippen molar-refractivity contribution in [3.8, 4) is 0 Å². The minimum absolute atomic E-state index is 0.170. The largest absolute Gasteiger partial charge is 0.481 e. The summed E-state index contributed by atoms with van der Waals surface area (Å²) in [5.74, 6) is -2.12. The lowest BCUT2D eigenvalue weighted by Gasteiger charge is -2.24. The SMILES string of the molecule is O=C(O)[C@H]1CC=CC[C@H]1C(=O)NCCOC1CCCC1. The van der Waals surface area contributed by atoms with E-state index in [4.69, 9.17) is 9.84 Å². The molecule has 5 nitrogen and oxygen atoms in total. The number of nitrogens with one attached hydrogen (secondary N) is 1. The lowest BCUT2D eigenvalue weighted by molar-refractivity contribution is -0.147. The van der Waals surface area contributed by atoms with E-state index >= 15 is 0 Å². The number of carbonyl (C=O) groups is 2. The summed E-state index contributed by atoms with van der Waals surface area (Å²) in [5, 5.41) is 11.9. The molecule has 5 heteroatoms. The van der Waals surface area contributed by atoms with Gasteiger partial charge in [0.25, 0.3) is 0 Å². The van der Waals surface area contributed by atoms with Gasteiger partial charge in [-0.3, -0.25) is 9.59 Å². The number of hydrogen-bond donors (Lipinski definition) is 2. The zero-order chi connectivity index (χ0) is 14.4. The summed E-state index contributed by atoms with van der Waals surface area (Å²) >= 11 is 0. The summed E-state index contributed by atoms with van der Waals surface area (Å²) in [7, 11) is 0. The molecular weight excluding hydrogens is 258 g/mol. The molecule has 0 radical (unpaired) electrons. The summed E-state index contributed by atoms with van der Waals surface area (Å²) in [6.07, 6.45) is 9.70. The number of allylic oxidation sites excluding steroid dienone is 2. The number of carboxylic acid groups (broad SMARTS) is 1. The van der Waals surface area contributed by atoms with Crippen molar-refractivity contribution >= 4 is 11.9 Å². The molecule has 2 aliphatic rings. The van der Waals surface area contributed by atoms with Gasteiger partial charge >= 0.3 is 5.97 Å². The molecule has 0 heterocycles. The quantitative estimate of drug-likeness (QED) is 0.574. The van der Waals surface area contributed by atoms with E-state index in [1.807, 2.05) is 12.2 Å². The average Bonchev–Trinajstić information content (AvgIpc) is 2.96. The smallest absolute Gasteiger partial charge is 0.307 e. The fourth-order valence-electron chi connectivity index (χ4n) is 2.96. The number of hydrogen-bond acceptors (Lipinski definition) is 3. The summed E-state index contributed by atoms with van der Waals surface area (Å²) in [4.78, 5) is 23.2. The van der Waals surface area contributed by atoms with Crippen molar-refractivity contribution in [1.29, 1.82) is 0 Å². The van der Waals surface area contributed by atoms with E-state index in [-0.39, 0.29) is 5.91 Å². The first-order valence-electron chi connectivity index (χ1n) is 7.45. The van der Waals surface area contributed by atoms with Crippen LogP contribution >= 0.6 is 0 Å². The molecule has 2 atom stereocenters. The Hall–Kier alpha value is -1.36. The van der Waals surface area contributed by atoms with Gasteiger partial charge in [-0.2, -0.15) is 0 Å². The van der Waals surface area contributed by atoms with E-state index in [0.717, 1.165) is 12.8 Å². The Morgan fingerprint density at radius 2 is 1.80 bits per heavy atom. The van der Waals surface area contributed by atoms with Gasteiger partial charge in [-0.05, 0) is 25.7 Å². The molecule has 1 saturated carbocycles. The first-order valence-corrected chi connectivity index (χ1v) is 7.45. The van der Waals surface area contributed by atoms with Crippen LogP contribution in [0.25, 0.3) is 0 Å². The van der Waals surface area contributed by atoms with Crippen molar-refractivity contribution in [3.63, 3.8) is 0 Å². The Morgan fingerprint density at radius 3 is 2.45 bits per heavy atom. The van der Waals surface area contributed by atoms with Gasteiger partial charge in [-0.25, -0.2) is 0 Å². The van der Waals surface area contributed by atoms with Crippen LogP contribution in [-0.2, 0) is 14.3 Å². The van der Waals surface area contributed by atoms with E-state index in [2.05, 4.69) is 5.32 Å². The molecule has 1 fully saturated rings. The molecule has 0 bridgehead atoms. The first-order chi connectivity index (χ1) is 9.68. The number of rotatable bonds is 6. The van der Waals surface area contributed by atoms with E-state index in [0.29, 0.717) is 32.1 Å². The first kappa shape index (κ1) is 15.0. The van der Waals surface area contributed by atoms with Crippen LogP contribution in [0.1, 0.15) is 38.5 Å².